The van der Waals surface area contributed by atoms with Gasteiger partial charge in [-0.3, -0.25) is 19.4 Å². The first kappa shape index (κ1) is 63.4. The largest absolute Gasteiger partial charge is 0.493 e. The van der Waals surface area contributed by atoms with Gasteiger partial charge in [0.25, 0.3) is 12.2 Å². The Bertz CT molecular complexity index is 2310. The highest BCUT2D eigenvalue weighted by Crippen LogP contribution is 2.44. The van der Waals surface area contributed by atoms with Crippen LogP contribution in [0.2, 0.25) is 0 Å². The number of carboxylic acids is 1. The van der Waals surface area contributed by atoms with E-state index in [0.29, 0.717) is 69.7 Å². The van der Waals surface area contributed by atoms with E-state index in [9.17, 15) is 71.9 Å². The number of carbonyl (C=O) groups excluding carboxylic acids is 3. The molecule has 14 nitrogen and oxygen atoms in total. The summed E-state index contributed by atoms with van der Waals surface area (Å²) >= 11 is 0. The first-order valence-corrected chi connectivity index (χ1v) is 25.7. The number of hydrogen-bond acceptors (Lipinski definition) is 11. The Morgan fingerprint density at radius 3 is 1.24 bits per heavy atom. The van der Waals surface area contributed by atoms with Crippen molar-refractivity contribution in [3.05, 3.63) is 58.7 Å². The lowest BCUT2D eigenvalue weighted by atomic mass is 9.85. The molecule has 78 heavy (non-hydrogen) atoms. The molecule has 0 aliphatic carbocycles. The Hall–Kier alpha value is -5.40. The summed E-state index contributed by atoms with van der Waals surface area (Å²) in [4.78, 5) is 53.4. The summed E-state index contributed by atoms with van der Waals surface area (Å²) in [5.41, 5.74) is 2.53. The van der Waals surface area contributed by atoms with Crippen LogP contribution in [0.4, 0.5) is 62.3 Å². The van der Waals surface area contributed by atoms with Gasteiger partial charge in [-0.25, -0.2) is 9.59 Å². The third-order valence-electron chi connectivity index (χ3n) is 14.2. The number of benzene rings is 2. The molecular formula is C52H68F12N4O10. The van der Waals surface area contributed by atoms with Crippen molar-refractivity contribution in [1.82, 2.24) is 19.6 Å². The van der Waals surface area contributed by atoms with Crippen LogP contribution in [0, 0.1) is 13.8 Å². The lowest BCUT2D eigenvalue weighted by Crippen LogP contribution is -2.54. The summed E-state index contributed by atoms with van der Waals surface area (Å²) in [5, 5.41) is 8.81. The Morgan fingerprint density at radius 1 is 0.551 bits per heavy atom. The monoisotopic (exact) mass is 1140 g/mol. The number of likely N-dealkylation sites (tertiary alicyclic amines) is 4. The van der Waals surface area contributed by atoms with Crippen LogP contribution >= 0.6 is 0 Å². The minimum atomic E-state index is -5.76. The maximum Gasteiger partial charge on any atom is 0.434 e. The number of alkyl halides is 12. The molecule has 0 bridgehead atoms. The zero-order valence-corrected chi connectivity index (χ0v) is 44.1. The van der Waals surface area contributed by atoms with Crippen molar-refractivity contribution in [3.63, 3.8) is 0 Å². The van der Waals surface area contributed by atoms with Crippen LogP contribution in [0.15, 0.2) is 36.4 Å². The van der Waals surface area contributed by atoms with Gasteiger partial charge in [-0.15, -0.1) is 0 Å². The fourth-order valence-electron chi connectivity index (χ4n) is 10.3. The quantitative estimate of drug-likeness (QED) is 0.0738. The zero-order chi connectivity index (χ0) is 58.1. The van der Waals surface area contributed by atoms with Crippen molar-refractivity contribution < 1.29 is 101 Å². The van der Waals surface area contributed by atoms with Gasteiger partial charge in [0.15, 0.2) is 0 Å². The number of nitrogens with zero attached hydrogens (tertiary/aromatic N) is 4. The van der Waals surface area contributed by atoms with Crippen LogP contribution in [-0.4, -0.2) is 155 Å². The average Bonchev–Trinajstić information content (AvgIpc) is 3.89. The smallest absolute Gasteiger partial charge is 0.434 e. The highest BCUT2D eigenvalue weighted by Gasteiger charge is 2.62. The van der Waals surface area contributed by atoms with Gasteiger partial charge in [0.05, 0.1) is 13.2 Å². The van der Waals surface area contributed by atoms with Crippen molar-refractivity contribution in [2.24, 2.45) is 0 Å². The van der Waals surface area contributed by atoms with Crippen molar-refractivity contribution >= 4 is 24.1 Å². The highest BCUT2D eigenvalue weighted by molar-refractivity contribution is 5.70. The lowest BCUT2D eigenvalue weighted by Gasteiger charge is -2.45. The lowest BCUT2D eigenvalue weighted by molar-refractivity contribution is -0.309. The van der Waals surface area contributed by atoms with Gasteiger partial charge in [-0.2, -0.15) is 52.7 Å². The molecule has 440 valence electrons. The number of hydrogen-bond donors (Lipinski definition) is 1. The number of ether oxygens (including phenoxy) is 5. The molecule has 2 aromatic carbocycles. The molecule has 4 aliphatic heterocycles. The summed E-state index contributed by atoms with van der Waals surface area (Å²) in [6, 6.07) is 11.6. The van der Waals surface area contributed by atoms with Crippen molar-refractivity contribution in [2.75, 3.05) is 52.5 Å². The molecule has 0 unspecified atom stereocenters. The van der Waals surface area contributed by atoms with E-state index in [4.69, 9.17) is 19.3 Å². The fraction of sp³-hybridized carbons (Fsp3) is 0.692. The summed E-state index contributed by atoms with van der Waals surface area (Å²) in [5.74, 6) is 0.114. The van der Waals surface area contributed by atoms with Crippen molar-refractivity contribution in [2.45, 2.75) is 178 Å². The van der Waals surface area contributed by atoms with E-state index < -0.39 is 60.7 Å². The fourth-order valence-corrected chi connectivity index (χ4v) is 10.3. The van der Waals surface area contributed by atoms with Crippen LogP contribution in [0.25, 0.3) is 0 Å². The molecule has 4 saturated heterocycles. The minimum Gasteiger partial charge on any atom is -0.493 e. The summed E-state index contributed by atoms with van der Waals surface area (Å²) in [6.45, 7) is 12.2. The molecule has 2 aromatic rings. The van der Waals surface area contributed by atoms with Gasteiger partial charge >= 0.3 is 48.8 Å². The number of piperidine rings is 2. The molecule has 26 heteroatoms. The number of rotatable bonds is 16. The van der Waals surface area contributed by atoms with E-state index in [2.05, 4.69) is 19.3 Å². The Labute approximate surface area is 444 Å². The molecule has 0 radical (unpaired) electrons. The van der Waals surface area contributed by atoms with E-state index in [1.165, 1.54) is 0 Å². The van der Waals surface area contributed by atoms with Crippen LogP contribution in [0.3, 0.4) is 0 Å². The van der Waals surface area contributed by atoms with Gasteiger partial charge in [-0.05, 0) is 135 Å². The summed E-state index contributed by atoms with van der Waals surface area (Å²) in [6.07, 6.45) is -28.7. The second kappa shape index (κ2) is 25.8. The number of aliphatic carboxylic acids is 1. The van der Waals surface area contributed by atoms with Gasteiger partial charge in [-0.1, -0.05) is 24.3 Å². The third kappa shape index (κ3) is 18.1. The predicted molar refractivity (Wildman–Crippen MR) is 256 cm³/mol. The van der Waals surface area contributed by atoms with E-state index in [1.54, 1.807) is 20.8 Å². The van der Waals surface area contributed by atoms with Crippen LogP contribution in [0.1, 0.15) is 120 Å². The maximum absolute atomic E-state index is 12.8. The van der Waals surface area contributed by atoms with Crippen LogP contribution < -0.4 is 9.47 Å². The Kier molecular flexibility index (Phi) is 21.0. The average molecular weight is 1140 g/mol. The maximum atomic E-state index is 12.8. The number of halogens is 12. The number of amides is 2. The van der Waals surface area contributed by atoms with Crippen molar-refractivity contribution in [3.8, 4) is 11.5 Å². The molecular weight excluding hydrogens is 1070 g/mol. The molecule has 6 rings (SSSR count). The number of esters is 1. The number of carbonyl (C=O) groups is 4. The molecule has 4 fully saturated rings. The Morgan fingerprint density at radius 2 is 0.910 bits per heavy atom. The standard InChI is InChI=1S/C28H38F6N2O5.C24H30F6N2O5/c1-19-8-9-20(21(17-19)39-16-5-7-22(37)41-25(2,3)4)18-36-13-6-10-26(36)11-14-35(15-12-26)24(38)40-23(27(29,30)31)28(32,33)34;1-16-5-6-17(18(14-16)36-13-2-4-19(33)34)15-32-10-3-7-22(32)8-11-31(12-9-22)21(35)37-20(23(25,26)27)24(28,29)30/h8-9,17,23H,5-7,10-16,18H2,1-4H3;5-6,14,20H,2-4,7-13,15H2,1H3,(H,33,34). The molecule has 2 amide bonds. The van der Waals surface area contributed by atoms with E-state index in [-0.39, 0.29) is 62.7 Å². The summed E-state index contributed by atoms with van der Waals surface area (Å²) in [7, 11) is 0. The van der Waals surface area contributed by atoms with Crippen LogP contribution in [-0.2, 0) is 36.9 Å². The number of carboxylic acid groups (broad SMARTS) is 1. The molecule has 0 atom stereocenters. The first-order valence-electron chi connectivity index (χ1n) is 25.7. The molecule has 4 heterocycles. The SMILES string of the molecule is Cc1ccc(CN2CCCC23CCN(C(=O)OC(C(F)(F)F)C(F)(F)F)CC3)c(OCCCC(=O)O)c1.Cc1ccc(CN2CCCC23CCN(C(=O)OC(C(F)(F)F)C(F)(F)F)CC3)c(OCCCC(=O)OC(C)(C)C)c1. The predicted octanol–water partition coefficient (Wildman–Crippen LogP) is 11.9. The molecule has 2 spiro atoms. The van der Waals surface area contributed by atoms with E-state index >= 15 is 0 Å². The van der Waals surface area contributed by atoms with Crippen molar-refractivity contribution in [1.29, 1.82) is 0 Å². The highest BCUT2D eigenvalue weighted by atomic mass is 19.4. The Balaban J connectivity index is 0.000000289. The second-order valence-corrected chi connectivity index (χ2v) is 21.3. The van der Waals surface area contributed by atoms with E-state index in [1.807, 2.05) is 50.2 Å². The van der Waals surface area contributed by atoms with Gasteiger partial charge in [0.1, 0.15) is 17.1 Å². The third-order valence-corrected chi connectivity index (χ3v) is 14.2. The number of aryl methyl sites for hydroxylation is 2. The summed E-state index contributed by atoms with van der Waals surface area (Å²) < 4.78 is 179. The molecule has 0 saturated carbocycles. The van der Waals surface area contributed by atoms with Crippen LogP contribution in [0.5, 0.6) is 11.5 Å². The molecule has 0 aromatic heterocycles. The minimum absolute atomic E-state index is 0.0119. The molecule has 1 N–H and O–H groups in total. The van der Waals surface area contributed by atoms with E-state index in [0.717, 1.165) is 70.8 Å². The molecule has 4 aliphatic rings. The second-order valence-electron chi connectivity index (χ2n) is 21.3. The van der Waals surface area contributed by atoms with Gasteiger partial charge < -0.3 is 38.6 Å². The normalized spacial score (nSPS) is 18.3. The van der Waals surface area contributed by atoms with Gasteiger partial charge in [0.2, 0.25) is 0 Å². The zero-order valence-electron chi connectivity index (χ0n) is 44.1. The first-order chi connectivity index (χ1) is 36.1. The van der Waals surface area contributed by atoms with Gasteiger partial charge in [0, 0.05) is 74.3 Å². The topological polar surface area (TPSA) is 148 Å².